The number of benzene rings is 1. The Kier molecular flexibility index (Phi) is 4.65. The van der Waals surface area contributed by atoms with Crippen molar-refractivity contribution in [2.75, 3.05) is 0 Å². The van der Waals surface area contributed by atoms with Crippen LogP contribution in [0.2, 0.25) is 0 Å². The molecule has 1 atom stereocenters. The summed E-state index contributed by atoms with van der Waals surface area (Å²) in [6.07, 6.45) is 1.97. The van der Waals surface area contributed by atoms with Crippen LogP contribution in [0.25, 0.3) is 0 Å². The van der Waals surface area contributed by atoms with Crippen molar-refractivity contribution in [3.05, 3.63) is 35.6 Å². The predicted molar refractivity (Wildman–Crippen MR) is 59.3 cm³/mol. The zero-order valence-corrected chi connectivity index (χ0v) is 9.24. The number of rotatable bonds is 5. The van der Waals surface area contributed by atoms with Crippen LogP contribution in [0.3, 0.4) is 0 Å². The highest BCUT2D eigenvalue weighted by atomic mass is 19.1. The first kappa shape index (κ1) is 12.4. The number of halogens is 1. The quantitative estimate of drug-likeness (QED) is 0.763. The van der Waals surface area contributed by atoms with E-state index in [9.17, 15) is 9.18 Å². The molecule has 0 aromatic heterocycles. The maximum absolute atomic E-state index is 13.4. The van der Waals surface area contributed by atoms with Gasteiger partial charge < -0.3 is 0 Å². The Morgan fingerprint density at radius 3 is 2.75 bits per heavy atom. The second-order valence-corrected chi connectivity index (χ2v) is 3.65. The first-order chi connectivity index (χ1) is 7.70. The van der Waals surface area contributed by atoms with Crippen molar-refractivity contribution in [1.82, 2.24) is 0 Å². The summed E-state index contributed by atoms with van der Waals surface area (Å²) < 4.78 is 13.4. The summed E-state index contributed by atoms with van der Waals surface area (Å²) in [4.78, 5) is 11.7. The van der Waals surface area contributed by atoms with E-state index >= 15 is 0 Å². The second-order valence-electron chi connectivity index (χ2n) is 3.65. The molecule has 0 saturated carbocycles. The number of hydrogen-bond acceptors (Lipinski definition) is 2. The molecule has 1 aromatic rings. The first-order valence-corrected chi connectivity index (χ1v) is 5.37. The van der Waals surface area contributed by atoms with Crippen molar-refractivity contribution in [3.63, 3.8) is 0 Å². The molecule has 1 unspecified atom stereocenters. The minimum Gasteiger partial charge on any atom is -0.298 e. The maximum atomic E-state index is 13.4. The van der Waals surface area contributed by atoms with E-state index < -0.39 is 11.7 Å². The van der Waals surface area contributed by atoms with E-state index in [0.29, 0.717) is 6.42 Å². The smallest absolute Gasteiger partial charge is 0.154 e. The molecule has 0 bridgehead atoms. The fourth-order valence-electron chi connectivity index (χ4n) is 1.52. The molecule has 0 aliphatic rings. The Labute approximate surface area is 94.7 Å². The standard InChI is InChI=1S/C13H14FNO/c1-2-3-8-13(16)11(9-15)10-6-4-5-7-12(10)14/h4-7,11H,2-3,8H2,1H3. The lowest BCUT2D eigenvalue weighted by Crippen LogP contribution is -2.12. The van der Waals surface area contributed by atoms with Crippen LogP contribution in [0.15, 0.2) is 24.3 Å². The third-order valence-electron chi connectivity index (χ3n) is 2.44. The van der Waals surface area contributed by atoms with Crippen LogP contribution in [0.5, 0.6) is 0 Å². The van der Waals surface area contributed by atoms with Crippen molar-refractivity contribution in [1.29, 1.82) is 5.26 Å². The highest BCUT2D eigenvalue weighted by Crippen LogP contribution is 2.21. The number of nitrogens with zero attached hydrogens (tertiary/aromatic N) is 1. The Bertz CT molecular complexity index is 409. The van der Waals surface area contributed by atoms with Crippen LogP contribution in [-0.4, -0.2) is 5.78 Å². The molecule has 84 valence electrons. The predicted octanol–water partition coefficient (Wildman–Crippen LogP) is 3.19. The zero-order valence-electron chi connectivity index (χ0n) is 9.24. The van der Waals surface area contributed by atoms with Gasteiger partial charge in [-0.1, -0.05) is 31.5 Å². The topological polar surface area (TPSA) is 40.9 Å². The molecule has 16 heavy (non-hydrogen) atoms. The molecule has 0 fully saturated rings. The monoisotopic (exact) mass is 219 g/mol. The Morgan fingerprint density at radius 1 is 1.50 bits per heavy atom. The van der Waals surface area contributed by atoms with Crippen molar-refractivity contribution in [2.24, 2.45) is 0 Å². The number of hydrogen-bond donors (Lipinski definition) is 0. The lowest BCUT2D eigenvalue weighted by atomic mass is 9.93. The average Bonchev–Trinajstić information content (AvgIpc) is 2.30. The van der Waals surface area contributed by atoms with Crippen molar-refractivity contribution in [2.45, 2.75) is 32.1 Å². The molecule has 2 nitrogen and oxygen atoms in total. The number of nitriles is 1. The Balaban J connectivity index is 2.87. The van der Waals surface area contributed by atoms with Gasteiger partial charge in [0.15, 0.2) is 5.78 Å². The number of Topliss-reactive ketones (excluding diaryl/α,β-unsaturated/α-hetero) is 1. The molecule has 0 aliphatic carbocycles. The van der Waals surface area contributed by atoms with Gasteiger partial charge >= 0.3 is 0 Å². The van der Waals surface area contributed by atoms with Gasteiger partial charge in [-0.25, -0.2) is 4.39 Å². The summed E-state index contributed by atoms with van der Waals surface area (Å²) in [5.74, 6) is -1.65. The molecule has 0 N–H and O–H groups in total. The van der Waals surface area contributed by atoms with Gasteiger partial charge in [0.25, 0.3) is 0 Å². The largest absolute Gasteiger partial charge is 0.298 e. The summed E-state index contributed by atoms with van der Waals surface area (Å²) >= 11 is 0. The molecular weight excluding hydrogens is 205 g/mol. The van der Waals surface area contributed by atoms with Gasteiger partial charge in [-0.3, -0.25) is 4.79 Å². The summed E-state index contributed by atoms with van der Waals surface area (Å²) in [5, 5.41) is 8.94. The molecule has 0 heterocycles. The van der Waals surface area contributed by atoms with Gasteiger partial charge in [0.2, 0.25) is 0 Å². The number of carbonyl (C=O) groups is 1. The van der Waals surface area contributed by atoms with Gasteiger partial charge in [0.1, 0.15) is 11.7 Å². The second kappa shape index (κ2) is 6.02. The SMILES string of the molecule is CCCCC(=O)C(C#N)c1ccccc1F. The number of carbonyl (C=O) groups excluding carboxylic acids is 1. The number of ketones is 1. The highest BCUT2D eigenvalue weighted by Gasteiger charge is 2.22. The third-order valence-corrected chi connectivity index (χ3v) is 2.44. The lowest BCUT2D eigenvalue weighted by Gasteiger charge is -2.08. The first-order valence-electron chi connectivity index (χ1n) is 5.37. The fourth-order valence-corrected chi connectivity index (χ4v) is 1.52. The molecule has 3 heteroatoms. The van der Waals surface area contributed by atoms with Crippen molar-refractivity contribution >= 4 is 5.78 Å². The van der Waals surface area contributed by atoms with Gasteiger partial charge in [-0.05, 0) is 12.5 Å². The molecule has 0 spiro atoms. The van der Waals surface area contributed by atoms with E-state index in [1.165, 1.54) is 12.1 Å². The van der Waals surface area contributed by atoms with E-state index in [2.05, 4.69) is 0 Å². The van der Waals surface area contributed by atoms with Crippen molar-refractivity contribution < 1.29 is 9.18 Å². The normalized spacial score (nSPS) is 11.8. The van der Waals surface area contributed by atoms with Crippen LogP contribution >= 0.6 is 0 Å². The van der Waals surface area contributed by atoms with E-state index in [1.807, 2.05) is 13.0 Å². The highest BCUT2D eigenvalue weighted by molar-refractivity contribution is 5.88. The van der Waals surface area contributed by atoms with Crippen LogP contribution in [0, 0.1) is 17.1 Å². The summed E-state index contributed by atoms with van der Waals surface area (Å²) in [5.41, 5.74) is 0.186. The fraction of sp³-hybridized carbons (Fsp3) is 0.385. The van der Waals surface area contributed by atoms with Crippen LogP contribution in [-0.2, 0) is 4.79 Å². The molecular formula is C13H14FNO. The third kappa shape index (κ3) is 2.90. The Morgan fingerprint density at radius 2 is 2.19 bits per heavy atom. The van der Waals surface area contributed by atoms with E-state index in [0.717, 1.165) is 12.8 Å². The summed E-state index contributed by atoms with van der Waals surface area (Å²) in [6, 6.07) is 7.82. The minimum absolute atomic E-state index is 0.186. The van der Waals surface area contributed by atoms with Gasteiger partial charge in [-0.15, -0.1) is 0 Å². The minimum atomic E-state index is -0.965. The van der Waals surface area contributed by atoms with Gasteiger partial charge in [-0.2, -0.15) is 5.26 Å². The number of unbranched alkanes of at least 4 members (excludes halogenated alkanes) is 1. The van der Waals surface area contributed by atoms with Gasteiger partial charge in [0.05, 0.1) is 6.07 Å². The van der Waals surface area contributed by atoms with E-state index in [-0.39, 0.29) is 11.3 Å². The van der Waals surface area contributed by atoms with Gasteiger partial charge in [0, 0.05) is 12.0 Å². The Hall–Kier alpha value is -1.69. The van der Waals surface area contributed by atoms with Crippen molar-refractivity contribution in [3.8, 4) is 6.07 Å². The zero-order chi connectivity index (χ0) is 12.0. The van der Waals surface area contributed by atoms with Crippen LogP contribution < -0.4 is 0 Å². The summed E-state index contributed by atoms with van der Waals surface area (Å²) in [6.45, 7) is 1.97. The van der Waals surface area contributed by atoms with Crippen LogP contribution in [0.4, 0.5) is 4.39 Å². The molecule has 0 aliphatic heterocycles. The van der Waals surface area contributed by atoms with E-state index in [4.69, 9.17) is 5.26 Å². The average molecular weight is 219 g/mol. The molecule has 0 amide bonds. The molecule has 0 saturated heterocycles. The molecule has 1 aromatic carbocycles. The molecule has 0 radical (unpaired) electrons. The summed E-state index contributed by atoms with van der Waals surface area (Å²) in [7, 11) is 0. The van der Waals surface area contributed by atoms with E-state index in [1.54, 1.807) is 12.1 Å². The maximum Gasteiger partial charge on any atom is 0.154 e. The van der Waals surface area contributed by atoms with Crippen LogP contribution in [0.1, 0.15) is 37.7 Å². The molecule has 1 rings (SSSR count). The lowest BCUT2D eigenvalue weighted by molar-refractivity contribution is -0.119.